The lowest BCUT2D eigenvalue weighted by Crippen LogP contribution is -2.39. The number of amides is 1. The van der Waals surface area contributed by atoms with Crippen molar-refractivity contribution in [2.45, 2.75) is 45.1 Å². The average Bonchev–Trinajstić information content (AvgIpc) is 2.97. The molecule has 2 fully saturated rings. The Morgan fingerprint density at radius 3 is 2.53 bits per heavy atom. The molecule has 0 aromatic rings. The number of carbonyl (C=O) groups excluding carboxylic acids is 1. The minimum absolute atomic E-state index is 0.286. The number of halogens is 1. The Labute approximate surface area is 97.0 Å². The van der Waals surface area contributed by atoms with E-state index in [0.29, 0.717) is 23.7 Å². The van der Waals surface area contributed by atoms with Gasteiger partial charge in [0.05, 0.1) is 0 Å². The van der Waals surface area contributed by atoms with Gasteiger partial charge in [-0.3, -0.25) is 4.79 Å². The van der Waals surface area contributed by atoms with Gasteiger partial charge in [0.1, 0.15) is 0 Å². The van der Waals surface area contributed by atoms with Gasteiger partial charge in [0.2, 0.25) is 5.91 Å². The molecule has 2 unspecified atom stereocenters. The summed E-state index contributed by atoms with van der Waals surface area (Å²) in [5.74, 6) is 1.81. The molecular formula is C12H20ClNO. The molecule has 0 aromatic carbocycles. The van der Waals surface area contributed by atoms with E-state index in [0.717, 1.165) is 13.0 Å². The van der Waals surface area contributed by atoms with Gasteiger partial charge in [-0.2, -0.15) is 0 Å². The first-order chi connectivity index (χ1) is 7.24. The number of alkyl halides is 1. The molecule has 2 aliphatic rings. The van der Waals surface area contributed by atoms with Gasteiger partial charge >= 0.3 is 0 Å². The Bertz CT molecular complexity index is 240. The zero-order chi connectivity index (χ0) is 10.8. The second-order valence-electron chi connectivity index (χ2n) is 4.97. The topological polar surface area (TPSA) is 20.3 Å². The summed E-state index contributed by atoms with van der Waals surface area (Å²) < 4.78 is 0. The molecule has 0 spiro atoms. The van der Waals surface area contributed by atoms with Gasteiger partial charge in [0.15, 0.2) is 0 Å². The molecule has 0 aliphatic heterocycles. The van der Waals surface area contributed by atoms with Crippen LogP contribution in [0.4, 0.5) is 0 Å². The van der Waals surface area contributed by atoms with E-state index in [1.54, 1.807) is 0 Å². The molecule has 15 heavy (non-hydrogen) atoms. The lowest BCUT2D eigenvalue weighted by atomic mass is 9.96. The van der Waals surface area contributed by atoms with E-state index in [9.17, 15) is 4.79 Å². The van der Waals surface area contributed by atoms with Gasteiger partial charge < -0.3 is 4.90 Å². The Morgan fingerprint density at radius 1 is 1.33 bits per heavy atom. The first kappa shape index (κ1) is 11.3. The smallest absolute Gasteiger partial charge is 0.226 e. The summed E-state index contributed by atoms with van der Waals surface area (Å²) in [5.41, 5.74) is 0. The molecule has 86 valence electrons. The number of nitrogens with zero attached hydrogens (tertiary/aromatic N) is 1. The minimum Gasteiger partial charge on any atom is -0.338 e. The van der Waals surface area contributed by atoms with Gasteiger partial charge in [-0.05, 0) is 31.6 Å². The molecule has 0 aromatic heterocycles. The summed E-state index contributed by atoms with van der Waals surface area (Å²) >= 11 is 5.76. The van der Waals surface area contributed by atoms with Gasteiger partial charge in [-0.15, -0.1) is 11.6 Å². The highest BCUT2D eigenvalue weighted by Gasteiger charge is 2.38. The van der Waals surface area contributed by atoms with Crippen LogP contribution in [0.2, 0.25) is 0 Å². The molecule has 0 heterocycles. The average molecular weight is 230 g/mol. The maximum Gasteiger partial charge on any atom is 0.226 e. The molecule has 0 bridgehead atoms. The zero-order valence-electron chi connectivity index (χ0n) is 9.42. The van der Waals surface area contributed by atoms with E-state index < -0.39 is 0 Å². The van der Waals surface area contributed by atoms with E-state index in [4.69, 9.17) is 11.6 Å². The van der Waals surface area contributed by atoms with Gasteiger partial charge in [0.25, 0.3) is 0 Å². The largest absolute Gasteiger partial charge is 0.338 e. The first-order valence-corrected chi connectivity index (χ1v) is 6.64. The molecule has 2 atom stereocenters. The zero-order valence-corrected chi connectivity index (χ0v) is 10.2. The van der Waals surface area contributed by atoms with Crippen LogP contribution in [0.25, 0.3) is 0 Å². The molecule has 3 heteroatoms. The van der Waals surface area contributed by atoms with Crippen LogP contribution in [0.15, 0.2) is 0 Å². The summed E-state index contributed by atoms with van der Waals surface area (Å²) in [4.78, 5) is 14.3. The van der Waals surface area contributed by atoms with E-state index in [2.05, 4.69) is 6.92 Å². The SMILES string of the molecule is CC1CCCC1C(=O)N(CCCl)C1CC1. The Kier molecular flexibility index (Phi) is 3.55. The molecule has 0 saturated heterocycles. The minimum atomic E-state index is 0.286. The lowest BCUT2D eigenvalue weighted by Gasteiger charge is -2.26. The standard InChI is InChI=1S/C12H20ClNO/c1-9-3-2-4-11(9)12(15)14(8-7-13)10-5-6-10/h9-11H,2-8H2,1H3. The van der Waals surface area contributed by atoms with Crippen molar-refractivity contribution in [3.05, 3.63) is 0 Å². The van der Waals surface area contributed by atoms with Crippen molar-refractivity contribution in [1.82, 2.24) is 4.90 Å². The predicted octanol–water partition coefficient (Wildman–Crippen LogP) is 2.65. The molecule has 2 nitrogen and oxygen atoms in total. The van der Waals surface area contributed by atoms with Crippen LogP contribution in [-0.4, -0.2) is 29.3 Å². The molecule has 0 radical (unpaired) electrons. The molecule has 2 rings (SSSR count). The molecule has 0 N–H and O–H groups in total. The van der Waals surface area contributed by atoms with Crippen LogP contribution in [0.1, 0.15) is 39.0 Å². The predicted molar refractivity (Wildman–Crippen MR) is 62.0 cm³/mol. The number of carbonyl (C=O) groups is 1. The Hall–Kier alpha value is -0.240. The monoisotopic (exact) mass is 229 g/mol. The maximum atomic E-state index is 12.3. The van der Waals surface area contributed by atoms with E-state index in [1.165, 1.54) is 25.7 Å². The summed E-state index contributed by atoms with van der Waals surface area (Å²) in [7, 11) is 0. The first-order valence-electron chi connectivity index (χ1n) is 6.10. The van der Waals surface area contributed by atoms with Crippen LogP contribution in [-0.2, 0) is 4.79 Å². The van der Waals surface area contributed by atoms with Crippen molar-refractivity contribution in [1.29, 1.82) is 0 Å². The normalized spacial score (nSPS) is 30.5. The fourth-order valence-corrected chi connectivity index (χ4v) is 2.86. The molecule has 2 saturated carbocycles. The maximum absolute atomic E-state index is 12.3. The van der Waals surface area contributed by atoms with Gasteiger partial charge in [0, 0.05) is 24.4 Å². The van der Waals surface area contributed by atoms with Crippen molar-refractivity contribution in [3.8, 4) is 0 Å². The van der Waals surface area contributed by atoms with Crippen LogP contribution in [0, 0.1) is 11.8 Å². The second-order valence-corrected chi connectivity index (χ2v) is 5.34. The number of hydrogen-bond acceptors (Lipinski definition) is 1. The Morgan fingerprint density at radius 2 is 2.07 bits per heavy atom. The second kappa shape index (κ2) is 4.73. The van der Waals surface area contributed by atoms with Crippen molar-refractivity contribution >= 4 is 17.5 Å². The van der Waals surface area contributed by atoms with E-state index in [1.807, 2.05) is 4.90 Å². The van der Waals surface area contributed by atoms with Crippen LogP contribution in [0.3, 0.4) is 0 Å². The van der Waals surface area contributed by atoms with Crippen LogP contribution in [0.5, 0.6) is 0 Å². The summed E-state index contributed by atoms with van der Waals surface area (Å²) in [6.07, 6.45) is 5.89. The Balaban J connectivity index is 1.96. The van der Waals surface area contributed by atoms with Crippen LogP contribution < -0.4 is 0 Å². The molecule has 1 amide bonds. The van der Waals surface area contributed by atoms with Gasteiger partial charge in [-0.1, -0.05) is 13.3 Å². The third-order valence-corrected chi connectivity index (χ3v) is 3.94. The number of rotatable bonds is 4. The third-order valence-electron chi connectivity index (χ3n) is 3.77. The highest BCUT2D eigenvalue weighted by molar-refractivity contribution is 6.18. The summed E-state index contributed by atoms with van der Waals surface area (Å²) in [5, 5.41) is 0. The van der Waals surface area contributed by atoms with E-state index in [-0.39, 0.29) is 5.92 Å². The third kappa shape index (κ3) is 2.47. The van der Waals surface area contributed by atoms with Gasteiger partial charge in [-0.25, -0.2) is 0 Å². The highest BCUT2D eigenvalue weighted by Crippen LogP contribution is 2.36. The van der Waals surface area contributed by atoms with E-state index >= 15 is 0 Å². The van der Waals surface area contributed by atoms with Crippen LogP contribution >= 0.6 is 11.6 Å². The molecule has 2 aliphatic carbocycles. The summed E-state index contributed by atoms with van der Waals surface area (Å²) in [6, 6.07) is 0.518. The number of hydrogen-bond donors (Lipinski definition) is 0. The molecular weight excluding hydrogens is 210 g/mol. The lowest BCUT2D eigenvalue weighted by molar-refractivity contribution is -0.136. The highest BCUT2D eigenvalue weighted by atomic mass is 35.5. The van der Waals surface area contributed by atoms with Crippen molar-refractivity contribution in [2.75, 3.05) is 12.4 Å². The van der Waals surface area contributed by atoms with Crippen molar-refractivity contribution < 1.29 is 4.79 Å². The van der Waals surface area contributed by atoms with Crippen molar-refractivity contribution in [3.63, 3.8) is 0 Å². The fourth-order valence-electron chi connectivity index (χ4n) is 2.68. The quantitative estimate of drug-likeness (QED) is 0.679. The van der Waals surface area contributed by atoms with Crippen molar-refractivity contribution in [2.24, 2.45) is 11.8 Å². The fraction of sp³-hybridized carbons (Fsp3) is 0.917. The summed E-state index contributed by atoms with van der Waals surface area (Å²) in [6.45, 7) is 2.95.